The number of hydrazone groups is 2. The van der Waals surface area contributed by atoms with Crippen LogP contribution in [0.3, 0.4) is 0 Å². The number of hydrogen-bond donors (Lipinski definition) is 4. The second-order valence-electron chi connectivity index (χ2n) is 8.12. The van der Waals surface area contributed by atoms with Crippen LogP contribution in [0, 0.1) is 0 Å². The summed E-state index contributed by atoms with van der Waals surface area (Å²) in [6.45, 7) is 0. The molecule has 0 saturated heterocycles. The van der Waals surface area contributed by atoms with Gasteiger partial charge in [0.25, 0.3) is 0 Å². The maximum absolute atomic E-state index is 12.4. The van der Waals surface area contributed by atoms with E-state index >= 15 is 0 Å². The molecule has 0 spiro atoms. The van der Waals surface area contributed by atoms with Crippen LogP contribution in [-0.2, 0) is 19.2 Å². The van der Waals surface area contributed by atoms with Crippen molar-refractivity contribution in [2.24, 2.45) is 10.2 Å². The summed E-state index contributed by atoms with van der Waals surface area (Å²) in [4.78, 5) is 57.3. The van der Waals surface area contributed by atoms with E-state index in [1.54, 1.807) is 48.5 Å². The Kier molecular flexibility index (Phi) is 8.05. The summed E-state index contributed by atoms with van der Waals surface area (Å²) >= 11 is 0. The first-order chi connectivity index (χ1) is 19.2. The Morgan fingerprint density at radius 3 is 1.25 bits per heavy atom. The number of nitrogens with one attached hydrogen (secondary N) is 4. The largest absolute Gasteiger partial charge is 0.545 e. The summed E-state index contributed by atoms with van der Waals surface area (Å²) in [5.74, 6) is -4.51. The van der Waals surface area contributed by atoms with Gasteiger partial charge < -0.3 is 30.4 Å². The highest BCUT2D eigenvalue weighted by Crippen LogP contribution is 2.17. The number of amides is 2. The molecule has 0 fully saturated rings. The third-order valence-corrected chi connectivity index (χ3v) is 5.28. The average Bonchev–Trinajstić information content (AvgIpc) is 2.93. The molecule has 2 amide bonds. The molecule has 4 N–H and O–H groups in total. The molecule has 0 bridgehead atoms. The van der Waals surface area contributed by atoms with Crippen molar-refractivity contribution in [1.82, 2.24) is 0 Å². The van der Waals surface area contributed by atoms with Gasteiger partial charge in [-0.15, -0.1) is 0 Å². The molecule has 2 aliphatic rings. The van der Waals surface area contributed by atoms with Crippen molar-refractivity contribution in [3.8, 4) is 0 Å². The van der Waals surface area contributed by atoms with Crippen LogP contribution in [-0.4, -0.2) is 41.0 Å². The van der Waals surface area contributed by atoms with E-state index in [0.717, 1.165) is 24.3 Å². The fourth-order valence-corrected chi connectivity index (χ4v) is 3.30. The van der Waals surface area contributed by atoms with Crippen molar-refractivity contribution in [3.63, 3.8) is 0 Å². The number of allylic oxidation sites excluding steroid dienone is 6. The molecule has 2 aromatic rings. The molecule has 40 heavy (non-hydrogen) atoms. The standard InChI is InChI=1S/C27H20N6O7/c34-23-11-9-19(13-21(23)25(36)37)32-30-17-5-1-15(2-6-17)28-27(40)29-16-3-7-18(8-4-16)31-33-20-10-12-24(35)22(14-20)26(38)39/h1-14,30-31H,(H,36,37)(H,38,39)(H2,28,29,40)/p-2. The molecule has 0 saturated carbocycles. The number of hydrogen-bond acceptors (Lipinski definition) is 11. The predicted octanol–water partition coefficient (Wildman–Crippen LogP) is 0.497. The Labute approximate surface area is 226 Å². The minimum absolute atomic E-state index is 0.220. The van der Waals surface area contributed by atoms with Crippen LogP contribution in [0.5, 0.6) is 0 Å². The number of ketones is 2. The van der Waals surface area contributed by atoms with Crippen LogP contribution in [0.1, 0.15) is 0 Å². The van der Waals surface area contributed by atoms with Gasteiger partial charge in [-0.1, -0.05) is 0 Å². The maximum atomic E-state index is 12.4. The first-order valence-electron chi connectivity index (χ1n) is 11.4. The van der Waals surface area contributed by atoms with Crippen LogP contribution in [0.4, 0.5) is 27.5 Å². The Bertz CT molecular complexity index is 1460. The normalized spacial score (nSPS) is 16.3. The second kappa shape index (κ2) is 12.0. The molecule has 2 aromatic carbocycles. The summed E-state index contributed by atoms with van der Waals surface area (Å²) in [6.07, 6.45) is 7.10. The lowest BCUT2D eigenvalue weighted by Crippen LogP contribution is -2.29. The van der Waals surface area contributed by atoms with Gasteiger partial charge in [-0.25, -0.2) is 4.79 Å². The molecule has 4 rings (SSSR count). The van der Waals surface area contributed by atoms with E-state index in [2.05, 4.69) is 31.7 Å². The topological polar surface area (TPSA) is 204 Å². The van der Waals surface area contributed by atoms with Gasteiger partial charge in [-0.2, -0.15) is 10.2 Å². The summed E-state index contributed by atoms with van der Waals surface area (Å²) in [5.41, 5.74) is 6.96. The minimum atomic E-state index is -1.58. The lowest BCUT2D eigenvalue weighted by molar-refractivity contribution is -0.300. The number of anilines is 4. The number of carboxylic acid groups (broad SMARTS) is 2. The molecule has 0 aliphatic heterocycles. The summed E-state index contributed by atoms with van der Waals surface area (Å²) < 4.78 is 0. The van der Waals surface area contributed by atoms with E-state index in [0.29, 0.717) is 22.7 Å². The van der Waals surface area contributed by atoms with Gasteiger partial charge in [0.1, 0.15) is 0 Å². The van der Waals surface area contributed by atoms with Gasteiger partial charge in [-0.3, -0.25) is 20.4 Å². The zero-order chi connectivity index (χ0) is 28.6. The molecule has 0 atom stereocenters. The monoisotopic (exact) mass is 538 g/mol. The zero-order valence-electron chi connectivity index (χ0n) is 20.3. The Hall–Kier alpha value is -6.11. The number of benzene rings is 2. The molecule has 2 aliphatic carbocycles. The molecular weight excluding hydrogens is 520 g/mol. The zero-order valence-corrected chi connectivity index (χ0v) is 20.3. The van der Waals surface area contributed by atoms with Crippen LogP contribution in [0.25, 0.3) is 0 Å². The highest BCUT2D eigenvalue weighted by atomic mass is 16.4. The van der Waals surface area contributed by atoms with Crippen molar-refractivity contribution in [1.29, 1.82) is 0 Å². The number of carboxylic acids is 2. The molecule has 0 heterocycles. The first kappa shape index (κ1) is 26.9. The molecule has 0 unspecified atom stereocenters. The van der Waals surface area contributed by atoms with E-state index in [1.807, 2.05) is 0 Å². The van der Waals surface area contributed by atoms with Crippen molar-refractivity contribution >= 4 is 63.7 Å². The van der Waals surface area contributed by atoms with E-state index in [1.165, 1.54) is 12.2 Å². The van der Waals surface area contributed by atoms with Gasteiger partial charge in [0, 0.05) is 22.5 Å². The molecular formula is C27H18N6O7-2. The smallest absolute Gasteiger partial charge is 0.323 e. The van der Waals surface area contributed by atoms with E-state index in [9.17, 15) is 34.2 Å². The Morgan fingerprint density at radius 1 is 0.550 bits per heavy atom. The lowest BCUT2D eigenvalue weighted by Gasteiger charge is -2.11. The van der Waals surface area contributed by atoms with Gasteiger partial charge in [0.05, 0.1) is 34.7 Å². The summed E-state index contributed by atoms with van der Waals surface area (Å²) in [7, 11) is 0. The first-order valence-corrected chi connectivity index (χ1v) is 11.4. The van der Waals surface area contributed by atoms with E-state index in [-0.39, 0.29) is 11.4 Å². The molecule has 13 heteroatoms. The van der Waals surface area contributed by atoms with Crippen molar-refractivity contribution in [2.45, 2.75) is 0 Å². The molecule has 13 nitrogen and oxygen atoms in total. The van der Waals surface area contributed by atoms with Crippen LogP contribution < -0.4 is 31.7 Å². The van der Waals surface area contributed by atoms with E-state index in [4.69, 9.17) is 0 Å². The highest BCUT2D eigenvalue weighted by molar-refractivity contribution is 6.29. The summed E-state index contributed by atoms with van der Waals surface area (Å²) in [5, 5.41) is 35.3. The van der Waals surface area contributed by atoms with Crippen LogP contribution >= 0.6 is 0 Å². The maximum Gasteiger partial charge on any atom is 0.323 e. The minimum Gasteiger partial charge on any atom is -0.545 e. The second-order valence-corrected chi connectivity index (χ2v) is 8.12. The predicted molar refractivity (Wildman–Crippen MR) is 142 cm³/mol. The average molecular weight is 538 g/mol. The SMILES string of the molecule is O=C(Nc1ccc(NN=C2C=CC(=O)C(C(=O)[O-])=C2)cc1)Nc1ccc(NN=C2C=CC(=O)C(C(=O)[O-])=C2)cc1. The third-order valence-electron chi connectivity index (χ3n) is 5.28. The van der Waals surface area contributed by atoms with Gasteiger partial charge in [0.15, 0.2) is 11.6 Å². The third kappa shape index (κ3) is 7.01. The Morgan fingerprint density at radius 2 is 0.900 bits per heavy atom. The molecule has 0 radical (unpaired) electrons. The molecule has 200 valence electrons. The number of aliphatic carboxylic acids is 2. The fourth-order valence-electron chi connectivity index (χ4n) is 3.30. The fraction of sp³-hybridized carbons (Fsp3) is 0. The quantitative estimate of drug-likeness (QED) is 0.209. The number of rotatable bonds is 8. The van der Waals surface area contributed by atoms with Crippen molar-refractivity contribution < 1.29 is 34.2 Å². The van der Waals surface area contributed by atoms with Gasteiger partial charge >= 0.3 is 6.03 Å². The van der Waals surface area contributed by atoms with E-state index < -0.39 is 40.7 Å². The van der Waals surface area contributed by atoms with Gasteiger partial charge in [-0.05, 0) is 85.0 Å². The number of nitrogens with zero attached hydrogens (tertiary/aromatic N) is 2. The Balaban J connectivity index is 1.28. The number of urea groups is 1. The van der Waals surface area contributed by atoms with Gasteiger partial charge in [0.2, 0.25) is 0 Å². The molecule has 0 aromatic heterocycles. The van der Waals surface area contributed by atoms with Crippen LogP contribution in [0.2, 0.25) is 0 Å². The lowest BCUT2D eigenvalue weighted by atomic mass is 10.0. The van der Waals surface area contributed by atoms with Crippen molar-refractivity contribution in [2.75, 3.05) is 21.5 Å². The van der Waals surface area contributed by atoms with Crippen molar-refractivity contribution in [3.05, 3.63) is 96.1 Å². The summed E-state index contributed by atoms with van der Waals surface area (Å²) in [6, 6.07) is 12.5. The highest BCUT2D eigenvalue weighted by Gasteiger charge is 2.14. The number of carbonyl (C=O) groups excluding carboxylic acids is 5. The number of carbonyl (C=O) groups is 5. The van der Waals surface area contributed by atoms with Crippen LogP contribution in [0.15, 0.2) is 106 Å².